The monoisotopic (exact) mass is 239 g/mol. The van der Waals surface area contributed by atoms with Gasteiger partial charge in [-0.05, 0) is 18.1 Å². The first kappa shape index (κ1) is 10.5. The van der Waals surface area contributed by atoms with E-state index in [1.165, 1.54) is 11.7 Å². The molecule has 5 heteroatoms. The molecule has 0 aliphatic carbocycles. The molecule has 2 aromatic rings. The van der Waals surface area contributed by atoms with E-state index in [4.69, 9.17) is 17.3 Å². The van der Waals surface area contributed by atoms with Crippen LogP contribution in [0.5, 0.6) is 0 Å². The minimum atomic E-state index is -0.136. The number of nitrogens with two attached hydrogens (primary N) is 1. The summed E-state index contributed by atoms with van der Waals surface area (Å²) in [5.41, 5.74) is 7.85. The van der Waals surface area contributed by atoms with Crippen molar-refractivity contribution < 1.29 is 0 Å². The van der Waals surface area contributed by atoms with E-state index in [1.54, 1.807) is 6.20 Å². The van der Waals surface area contributed by atoms with Gasteiger partial charge in [0.25, 0.3) is 0 Å². The fraction of sp³-hybridized carbons (Fsp3) is 0.200. The van der Waals surface area contributed by atoms with Gasteiger partial charge in [0.1, 0.15) is 0 Å². The summed E-state index contributed by atoms with van der Waals surface area (Å²) in [6.45, 7) is 0. The molecule has 78 valence electrons. The highest BCUT2D eigenvalue weighted by atomic mass is 35.5. The first-order valence-electron chi connectivity index (χ1n) is 4.54. The van der Waals surface area contributed by atoms with Gasteiger partial charge in [0.15, 0.2) is 0 Å². The van der Waals surface area contributed by atoms with Gasteiger partial charge in [0, 0.05) is 5.02 Å². The van der Waals surface area contributed by atoms with E-state index in [-0.39, 0.29) is 6.04 Å². The highest BCUT2D eigenvalue weighted by Crippen LogP contribution is 2.20. The van der Waals surface area contributed by atoms with E-state index >= 15 is 0 Å². The Morgan fingerprint density at radius 1 is 1.40 bits per heavy atom. The van der Waals surface area contributed by atoms with E-state index in [9.17, 15) is 0 Å². The van der Waals surface area contributed by atoms with Crippen molar-refractivity contribution in [2.24, 2.45) is 5.73 Å². The Balaban J connectivity index is 2.13. The molecule has 1 aromatic heterocycles. The fourth-order valence-corrected chi connectivity index (χ4v) is 2.03. The molecule has 3 nitrogen and oxygen atoms in total. The van der Waals surface area contributed by atoms with Crippen LogP contribution in [-0.2, 0) is 6.42 Å². The summed E-state index contributed by atoms with van der Waals surface area (Å²) in [5.74, 6) is 0. The van der Waals surface area contributed by atoms with Crippen LogP contribution >= 0.6 is 23.3 Å². The van der Waals surface area contributed by atoms with E-state index in [1.807, 2.05) is 24.3 Å². The maximum absolute atomic E-state index is 6.04. The lowest BCUT2D eigenvalue weighted by Gasteiger charge is -2.09. The van der Waals surface area contributed by atoms with Gasteiger partial charge in [-0.1, -0.05) is 29.8 Å². The van der Waals surface area contributed by atoms with Gasteiger partial charge in [0.2, 0.25) is 0 Å². The molecule has 0 radical (unpaired) electrons. The summed E-state index contributed by atoms with van der Waals surface area (Å²) >= 11 is 7.21. The number of nitrogens with zero attached hydrogens (tertiary/aromatic N) is 2. The molecule has 1 unspecified atom stereocenters. The van der Waals surface area contributed by atoms with Gasteiger partial charge in [0.05, 0.1) is 29.7 Å². The molecule has 2 rings (SSSR count). The zero-order valence-corrected chi connectivity index (χ0v) is 9.50. The molecule has 2 N–H and O–H groups in total. The second kappa shape index (κ2) is 4.70. The molecular weight excluding hydrogens is 230 g/mol. The largest absolute Gasteiger partial charge is 0.322 e. The topological polar surface area (TPSA) is 51.8 Å². The third-order valence-electron chi connectivity index (χ3n) is 2.16. The van der Waals surface area contributed by atoms with E-state index in [2.05, 4.69) is 8.75 Å². The third kappa shape index (κ3) is 2.53. The summed E-state index contributed by atoms with van der Waals surface area (Å²) < 4.78 is 8.03. The SMILES string of the molecule is NC(Cc1ccccc1Cl)c1cnsn1. The minimum absolute atomic E-state index is 0.136. The van der Waals surface area contributed by atoms with Crippen LogP contribution in [-0.4, -0.2) is 8.75 Å². The number of hydrogen-bond donors (Lipinski definition) is 1. The maximum Gasteiger partial charge on any atom is 0.0913 e. The average Bonchev–Trinajstić information content (AvgIpc) is 2.74. The van der Waals surface area contributed by atoms with Gasteiger partial charge in [-0.2, -0.15) is 8.75 Å². The Kier molecular flexibility index (Phi) is 3.30. The standard InChI is InChI=1S/C10H10ClN3S/c11-8-4-2-1-3-7(8)5-9(12)10-6-13-15-14-10/h1-4,6,9H,5,12H2. The third-order valence-corrected chi connectivity index (χ3v) is 3.02. The number of benzene rings is 1. The van der Waals surface area contributed by atoms with Gasteiger partial charge in [-0.3, -0.25) is 0 Å². The highest BCUT2D eigenvalue weighted by Gasteiger charge is 2.11. The first-order valence-corrected chi connectivity index (χ1v) is 5.64. The van der Waals surface area contributed by atoms with Crippen LogP contribution < -0.4 is 5.73 Å². The van der Waals surface area contributed by atoms with Crippen LogP contribution in [0.15, 0.2) is 30.5 Å². The highest BCUT2D eigenvalue weighted by molar-refractivity contribution is 6.99. The Bertz CT molecular complexity index is 430. The Morgan fingerprint density at radius 2 is 2.20 bits per heavy atom. The Labute approximate surface area is 97.2 Å². The fourth-order valence-electron chi connectivity index (χ4n) is 1.34. The van der Waals surface area contributed by atoms with E-state index in [0.717, 1.165) is 16.3 Å². The van der Waals surface area contributed by atoms with Crippen molar-refractivity contribution in [3.63, 3.8) is 0 Å². The molecule has 0 saturated heterocycles. The predicted octanol–water partition coefficient (Wildman–Crippen LogP) is 2.43. The second-order valence-electron chi connectivity index (χ2n) is 3.23. The Morgan fingerprint density at radius 3 is 2.87 bits per heavy atom. The van der Waals surface area contributed by atoms with Crippen molar-refractivity contribution in [1.29, 1.82) is 0 Å². The van der Waals surface area contributed by atoms with Crippen molar-refractivity contribution in [2.45, 2.75) is 12.5 Å². The minimum Gasteiger partial charge on any atom is -0.322 e. The van der Waals surface area contributed by atoms with Crippen LogP contribution in [0.1, 0.15) is 17.3 Å². The van der Waals surface area contributed by atoms with Crippen molar-refractivity contribution in [3.8, 4) is 0 Å². The molecule has 1 heterocycles. The zero-order chi connectivity index (χ0) is 10.7. The molecule has 1 atom stereocenters. The number of hydrogen-bond acceptors (Lipinski definition) is 4. The van der Waals surface area contributed by atoms with E-state index in [0.29, 0.717) is 6.42 Å². The molecule has 0 aliphatic heterocycles. The molecule has 0 amide bonds. The summed E-state index contributed by atoms with van der Waals surface area (Å²) in [4.78, 5) is 0. The van der Waals surface area contributed by atoms with Gasteiger partial charge in [-0.25, -0.2) is 0 Å². The molecule has 1 aromatic carbocycles. The predicted molar refractivity (Wildman–Crippen MR) is 62.0 cm³/mol. The Hall–Kier alpha value is -0.970. The second-order valence-corrected chi connectivity index (χ2v) is 4.20. The van der Waals surface area contributed by atoms with Gasteiger partial charge in [-0.15, -0.1) is 0 Å². The van der Waals surface area contributed by atoms with Crippen LogP contribution in [0.3, 0.4) is 0 Å². The average molecular weight is 240 g/mol. The molecular formula is C10H10ClN3S. The number of rotatable bonds is 3. The summed E-state index contributed by atoms with van der Waals surface area (Å²) in [7, 11) is 0. The van der Waals surface area contributed by atoms with Crippen molar-refractivity contribution in [1.82, 2.24) is 8.75 Å². The van der Waals surface area contributed by atoms with Crippen LogP contribution in [0.25, 0.3) is 0 Å². The summed E-state index contributed by atoms with van der Waals surface area (Å²) in [6.07, 6.45) is 2.39. The molecule has 0 bridgehead atoms. The first-order chi connectivity index (χ1) is 7.27. The van der Waals surface area contributed by atoms with Crippen LogP contribution in [0.4, 0.5) is 0 Å². The number of halogens is 1. The molecule has 0 fully saturated rings. The van der Waals surface area contributed by atoms with E-state index < -0.39 is 0 Å². The van der Waals surface area contributed by atoms with Crippen molar-refractivity contribution >= 4 is 23.3 Å². The normalized spacial score (nSPS) is 12.7. The molecule has 15 heavy (non-hydrogen) atoms. The van der Waals surface area contributed by atoms with Crippen LogP contribution in [0.2, 0.25) is 5.02 Å². The lowest BCUT2D eigenvalue weighted by Crippen LogP contribution is -2.13. The summed E-state index contributed by atoms with van der Waals surface area (Å²) in [6, 6.07) is 7.56. The molecule has 0 aliphatic rings. The van der Waals surface area contributed by atoms with Crippen molar-refractivity contribution in [2.75, 3.05) is 0 Å². The van der Waals surface area contributed by atoms with Gasteiger partial charge >= 0.3 is 0 Å². The number of aromatic nitrogens is 2. The molecule has 0 spiro atoms. The zero-order valence-electron chi connectivity index (χ0n) is 7.93. The van der Waals surface area contributed by atoms with Gasteiger partial charge < -0.3 is 5.73 Å². The quantitative estimate of drug-likeness (QED) is 0.895. The van der Waals surface area contributed by atoms with Crippen molar-refractivity contribution in [3.05, 3.63) is 46.7 Å². The lowest BCUT2D eigenvalue weighted by atomic mass is 10.0. The summed E-state index contributed by atoms with van der Waals surface area (Å²) in [5, 5.41) is 0.746. The lowest BCUT2D eigenvalue weighted by molar-refractivity contribution is 0.704. The molecule has 0 saturated carbocycles. The maximum atomic E-state index is 6.04. The van der Waals surface area contributed by atoms with Crippen LogP contribution in [0, 0.1) is 0 Å². The smallest absolute Gasteiger partial charge is 0.0913 e.